The molecular formula is C16H25NO2. The summed E-state index contributed by atoms with van der Waals surface area (Å²) in [5.74, 6) is 1.49. The molecule has 0 saturated carbocycles. The molecule has 2 rings (SSSR count). The van der Waals surface area contributed by atoms with Gasteiger partial charge in [0.25, 0.3) is 0 Å². The minimum absolute atomic E-state index is 0.320. The standard InChI is InChI=1S/C16H25NO2/c1-4-9-17-16(13-10-12(2)19-11-13)14-7-5-6-8-15(14)18-3/h5-8,12-13,16-17H,4,9-11H2,1-3H3. The van der Waals surface area contributed by atoms with Gasteiger partial charge < -0.3 is 14.8 Å². The van der Waals surface area contributed by atoms with E-state index in [1.54, 1.807) is 7.11 Å². The second kappa shape index (κ2) is 6.92. The molecule has 0 amide bonds. The molecule has 3 nitrogen and oxygen atoms in total. The Hall–Kier alpha value is -1.06. The zero-order valence-corrected chi connectivity index (χ0v) is 12.2. The van der Waals surface area contributed by atoms with Crippen LogP contribution in [0.2, 0.25) is 0 Å². The molecular weight excluding hydrogens is 238 g/mol. The van der Waals surface area contributed by atoms with Crippen molar-refractivity contribution in [2.24, 2.45) is 5.92 Å². The highest BCUT2D eigenvalue weighted by Gasteiger charge is 2.31. The van der Waals surface area contributed by atoms with Crippen molar-refractivity contribution in [3.8, 4) is 5.75 Å². The Labute approximate surface area is 116 Å². The normalized spacial score (nSPS) is 24.4. The highest BCUT2D eigenvalue weighted by atomic mass is 16.5. The van der Waals surface area contributed by atoms with Crippen LogP contribution in [0.1, 0.15) is 38.3 Å². The van der Waals surface area contributed by atoms with Crippen molar-refractivity contribution in [1.82, 2.24) is 5.32 Å². The van der Waals surface area contributed by atoms with E-state index in [0.717, 1.165) is 31.7 Å². The first kappa shape index (κ1) is 14.4. The van der Waals surface area contributed by atoms with Crippen molar-refractivity contribution in [2.45, 2.75) is 38.8 Å². The van der Waals surface area contributed by atoms with Crippen LogP contribution in [0.15, 0.2) is 24.3 Å². The number of ether oxygens (including phenoxy) is 2. The number of hydrogen-bond donors (Lipinski definition) is 1. The summed E-state index contributed by atoms with van der Waals surface area (Å²) in [5.41, 5.74) is 1.25. The van der Waals surface area contributed by atoms with Crippen molar-refractivity contribution in [3.05, 3.63) is 29.8 Å². The molecule has 1 heterocycles. The Morgan fingerprint density at radius 1 is 1.42 bits per heavy atom. The smallest absolute Gasteiger partial charge is 0.123 e. The van der Waals surface area contributed by atoms with Crippen molar-refractivity contribution in [2.75, 3.05) is 20.3 Å². The lowest BCUT2D eigenvalue weighted by atomic mass is 9.90. The summed E-state index contributed by atoms with van der Waals surface area (Å²) in [6, 6.07) is 8.62. The van der Waals surface area contributed by atoms with Gasteiger partial charge in [0.05, 0.1) is 19.8 Å². The molecule has 106 valence electrons. The van der Waals surface area contributed by atoms with Gasteiger partial charge in [-0.3, -0.25) is 0 Å². The highest BCUT2D eigenvalue weighted by molar-refractivity contribution is 5.36. The third kappa shape index (κ3) is 3.48. The molecule has 3 heteroatoms. The minimum atomic E-state index is 0.320. The lowest BCUT2D eigenvalue weighted by Gasteiger charge is -2.26. The fourth-order valence-corrected chi connectivity index (χ4v) is 2.84. The van der Waals surface area contributed by atoms with Crippen molar-refractivity contribution < 1.29 is 9.47 Å². The number of hydrogen-bond acceptors (Lipinski definition) is 3. The van der Waals surface area contributed by atoms with Crippen molar-refractivity contribution in [3.63, 3.8) is 0 Å². The van der Waals surface area contributed by atoms with E-state index < -0.39 is 0 Å². The van der Waals surface area contributed by atoms with Crippen LogP contribution in [0.5, 0.6) is 5.75 Å². The van der Waals surface area contributed by atoms with Crippen LogP contribution < -0.4 is 10.1 Å². The SMILES string of the molecule is CCCNC(c1ccccc1OC)C1COC(C)C1. The summed E-state index contributed by atoms with van der Waals surface area (Å²) < 4.78 is 11.3. The van der Waals surface area contributed by atoms with E-state index in [9.17, 15) is 0 Å². The van der Waals surface area contributed by atoms with Crippen LogP contribution >= 0.6 is 0 Å². The van der Waals surface area contributed by atoms with E-state index in [4.69, 9.17) is 9.47 Å². The quantitative estimate of drug-likeness (QED) is 0.855. The molecule has 1 saturated heterocycles. The fraction of sp³-hybridized carbons (Fsp3) is 0.625. The van der Waals surface area contributed by atoms with Crippen LogP contribution in [0, 0.1) is 5.92 Å². The predicted molar refractivity (Wildman–Crippen MR) is 77.5 cm³/mol. The van der Waals surface area contributed by atoms with Crippen LogP contribution in [-0.4, -0.2) is 26.4 Å². The lowest BCUT2D eigenvalue weighted by Crippen LogP contribution is -2.29. The van der Waals surface area contributed by atoms with Crippen LogP contribution in [0.4, 0.5) is 0 Å². The molecule has 1 aromatic rings. The fourth-order valence-electron chi connectivity index (χ4n) is 2.84. The summed E-state index contributed by atoms with van der Waals surface area (Å²) in [5, 5.41) is 3.66. The number of rotatable bonds is 6. The van der Waals surface area contributed by atoms with Crippen molar-refractivity contribution in [1.29, 1.82) is 0 Å². The Morgan fingerprint density at radius 2 is 2.21 bits per heavy atom. The molecule has 0 aromatic heterocycles. The summed E-state index contributed by atoms with van der Waals surface area (Å²) in [6.07, 6.45) is 2.61. The summed E-state index contributed by atoms with van der Waals surface area (Å²) in [6.45, 7) is 6.20. The maximum atomic E-state index is 5.74. The zero-order valence-electron chi connectivity index (χ0n) is 12.2. The van der Waals surface area contributed by atoms with Gasteiger partial charge in [-0.1, -0.05) is 25.1 Å². The molecule has 1 N–H and O–H groups in total. The monoisotopic (exact) mass is 263 g/mol. The Kier molecular flexibility index (Phi) is 5.23. The average molecular weight is 263 g/mol. The molecule has 0 spiro atoms. The third-order valence-electron chi connectivity index (χ3n) is 3.79. The van der Waals surface area contributed by atoms with Gasteiger partial charge in [-0.2, -0.15) is 0 Å². The first-order valence-electron chi connectivity index (χ1n) is 7.24. The molecule has 0 bridgehead atoms. The topological polar surface area (TPSA) is 30.5 Å². The summed E-state index contributed by atoms with van der Waals surface area (Å²) in [7, 11) is 1.74. The molecule has 19 heavy (non-hydrogen) atoms. The van der Waals surface area contributed by atoms with E-state index in [1.807, 2.05) is 12.1 Å². The number of para-hydroxylation sites is 1. The second-order valence-electron chi connectivity index (χ2n) is 5.31. The second-order valence-corrected chi connectivity index (χ2v) is 5.31. The lowest BCUT2D eigenvalue weighted by molar-refractivity contribution is 0.116. The van der Waals surface area contributed by atoms with Gasteiger partial charge in [-0.15, -0.1) is 0 Å². The minimum Gasteiger partial charge on any atom is -0.496 e. The number of nitrogens with one attached hydrogen (secondary N) is 1. The Morgan fingerprint density at radius 3 is 2.84 bits per heavy atom. The van der Waals surface area contributed by atoms with E-state index in [0.29, 0.717) is 18.1 Å². The predicted octanol–water partition coefficient (Wildman–Crippen LogP) is 3.16. The molecule has 3 atom stereocenters. The van der Waals surface area contributed by atoms with E-state index >= 15 is 0 Å². The molecule has 1 aliphatic heterocycles. The van der Waals surface area contributed by atoms with Gasteiger partial charge >= 0.3 is 0 Å². The first-order valence-corrected chi connectivity index (χ1v) is 7.24. The molecule has 1 aromatic carbocycles. The van der Waals surface area contributed by atoms with E-state index in [2.05, 4.69) is 31.3 Å². The van der Waals surface area contributed by atoms with Crippen LogP contribution in [-0.2, 0) is 4.74 Å². The zero-order chi connectivity index (χ0) is 13.7. The van der Waals surface area contributed by atoms with Gasteiger partial charge in [0.1, 0.15) is 5.75 Å². The summed E-state index contributed by atoms with van der Waals surface area (Å²) in [4.78, 5) is 0. The number of benzene rings is 1. The maximum Gasteiger partial charge on any atom is 0.123 e. The van der Waals surface area contributed by atoms with E-state index in [1.165, 1.54) is 5.56 Å². The molecule has 1 fully saturated rings. The molecule has 3 unspecified atom stereocenters. The van der Waals surface area contributed by atoms with Gasteiger partial charge in [-0.05, 0) is 32.4 Å². The van der Waals surface area contributed by atoms with Gasteiger partial charge in [0, 0.05) is 17.5 Å². The Bertz CT molecular complexity index is 394. The van der Waals surface area contributed by atoms with Crippen LogP contribution in [0.25, 0.3) is 0 Å². The largest absolute Gasteiger partial charge is 0.496 e. The van der Waals surface area contributed by atoms with E-state index in [-0.39, 0.29) is 0 Å². The summed E-state index contributed by atoms with van der Waals surface area (Å²) >= 11 is 0. The maximum absolute atomic E-state index is 5.74. The average Bonchev–Trinajstić information content (AvgIpc) is 2.86. The Balaban J connectivity index is 2.21. The van der Waals surface area contributed by atoms with Crippen molar-refractivity contribution >= 4 is 0 Å². The van der Waals surface area contributed by atoms with Gasteiger partial charge in [0.15, 0.2) is 0 Å². The van der Waals surface area contributed by atoms with Gasteiger partial charge in [0.2, 0.25) is 0 Å². The molecule has 0 aliphatic carbocycles. The van der Waals surface area contributed by atoms with Gasteiger partial charge in [-0.25, -0.2) is 0 Å². The first-order chi connectivity index (χ1) is 9.26. The highest BCUT2D eigenvalue weighted by Crippen LogP contribution is 2.35. The van der Waals surface area contributed by atoms with Crippen LogP contribution in [0.3, 0.4) is 0 Å². The number of methoxy groups -OCH3 is 1. The molecule has 0 radical (unpaired) electrons. The molecule has 1 aliphatic rings. The third-order valence-corrected chi connectivity index (χ3v) is 3.79.